The fourth-order valence-electron chi connectivity index (χ4n) is 3.65. The Hall–Kier alpha value is -0.240. The van der Waals surface area contributed by atoms with E-state index in [2.05, 4.69) is 32.2 Å². The van der Waals surface area contributed by atoms with E-state index in [4.69, 9.17) is 4.74 Å². The molecule has 0 aromatic carbocycles. The molecule has 1 aliphatic carbocycles. The van der Waals surface area contributed by atoms with E-state index in [-0.39, 0.29) is 5.54 Å². The zero-order valence-corrected chi connectivity index (χ0v) is 13.8. The van der Waals surface area contributed by atoms with Crippen molar-refractivity contribution < 1.29 is 4.74 Å². The summed E-state index contributed by atoms with van der Waals surface area (Å²) in [6.07, 6.45) is 6.14. The molecule has 3 nitrogen and oxygen atoms in total. The second-order valence-electron chi connectivity index (χ2n) is 6.53. The third-order valence-corrected chi connectivity index (χ3v) is 6.19. The van der Waals surface area contributed by atoms with Crippen LogP contribution in [-0.4, -0.2) is 35.3 Å². The van der Waals surface area contributed by atoms with Crippen LogP contribution >= 0.6 is 11.8 Å². The summed E-state index contributed by atoms with van der Waals surface area (Å²) in [5, 5.41) is 13.9. The minimum atomic E-state index is -0.271. The van der Waals surface area contributed by atoms with E-state index < -0.39 is 0 Å². The monoisotopic (exact) mass is 296 g/mol. The van der Waals surface area contributed by atoms with Crippen LogP contribution in [0.15, 0.2) is 0 Å². The van der Waals surface area contributed by atoms with Gasteiger partial charge in [-0.1, -0.05) is 6.42 Å². The molecule has 1 heterocycles. The lowest BCUT2D eigenvalue weighted by atomic mass is 9.86. The Kier molecular flexibility index (Phi) is 5.77. The molecule has 1 N–H and O–H groups in total. The molecule has 4 atom stereocenters. The summed E-state index contributed by atoms with van der Waals surface area (Å²) in [6.45, 7) is 7.38. The minimum absolute atomic E-state index is 0.271. The lowest BCUT2D eigenvalue weighted by molar-refractivity contribution is 0.127. The molecule has 0 radical (unpaired) electrons. The molecule has 114 valence electrons. The number of thioether (sulfide) groups is 1. The molecule has 1 saturated heterocycles. The maximum Gasteiger partial charge on any atom is 0.109 e. The minimum Gasteiger partial charge on any atom is -0.377 e. The first-order chi connectivity index (χ1) is 9.57. The van der Waals surface area contributed by atoms with Crippen molar-refractivity contribution in [3.63, 3.8) is 0 Å². The molecule has 20 heavy (non-hydrogen) atoms. The number of nitriles is 1. The topological polar surface area (TPSA) is 45.0 Å². The van der Waals surface area contributed by atoms with Gasteiger partial charge in [0, 0.05) is 17.9 Å². The van der Waals surface area contributed by atoms with Gasteiger partial charge in [-0.05, 0) is 58.1 Å². The molecular formula is C16H28N2OS. The molecular weight excluding hydrogens is 268 g/mol. The summed E-state index contributed by atoms with van der Waals surface area (Å²) in [6, 6.07) is 2.98. The first-order valence-electron chi connectivity index (χ1n) is 7.99. The van der Waals surface area contributed by atoms with Crippen LogP contribution in [0.2, 0.25) is 0 Å². The standard InChI is InChI=1S/C16H28N2OS/c1-12(2)18-16(11-17)8-4-5-14(16)7-10-20-15-6-9-19-13(15)3/h12-15,18H,4-10H2,1-3H3. The van der Waals surface area contributed by atoms with Gasteiger partial charge in [0.05, 0.1) is 12.2 Å². The van der Waals surface area contributed by atoms with Crippen LogP contribution in [0.25, 0.3) is 0 Å². The van der Waals surface area contributed by atoms with Crippen molar-refractivity contribution in [2.24, 2.45) is 5.92 Å². The summed E-state index contributed by atoms with van der Waals surface area (Å²) in [5.41, 5.74) is -0.271. The lowest BCUT2D eigenvalue weighted by Crippen LogP contribution is -2.50. The zero-order valence-electron chi connectivity index (χ0n) is 13.0. The van der Waals surface area contributed by atoms with E-state index in [0.717, 1.165) is 25.2 Å². The molecule has 1 aliphatic heterocycles. The fourth-order valence-corrected chi connectivity index (χ4v) is 4.98. The quantitative estimate of drug-likeness (QED) is 0.816. The van der Waals surface area contributed by atoms with Gasteiger partial charge in [0.2, 0.25) is 0 Å². The molecule has 0 bridgehead atoms. The molecule has 0 amide bonds. The van der Waals surface area contributed by atoms with Gasteiger partial charge in [0.1, 0.15) is 5.54 Å². The molecule has 4 heteroatoms. The number of ether oxygens (including phenoxy) is 1. The molecule has 2 fully saturated rings. The van der Waals surface area contributed by atoms with Crippen LogP contribution in [-0.2, 0) is 4.74 Å². The van der Waals surface area contributed by atoms with Gasteiger partial charge >= 0.3 is 0 Å². The van der Waals surface area contributed by atoms with Crippen molar-refractivity contribution in [2.75, 3.05) is 12.4 Å². The van der Waals surface area contributed by atoms with E-state index in [1.165, 1.54) is 19.3 Å². The Balaban J connectivity index is 1.83. The second-order valence-corrected chi connectivity index (χ2v) is 7.88. The Morgan fingerprint density at radius 3 is 2.85 bits per heavy atom. The Bertz CT molecular complexity index is 355. The van der Waals surface area contributed by atoms with Gasteiger partial charge in [-0.3, -0.25) is 5.32 Å². The third kappa shape index (κ3) is 3.69. The average molecular weight is 296 g/mol. The van der Waals surface area contributed by atoms with Crippen molar-refractivity contribution in [2.45, 2.75) is 75.8 Å². The normalized spacial score (nSPS) is 37.5. The summed E-state index contributed by atoms with van der Waals surface area (Å²) in [7, 11) is 0. The van der Waals surface area contributed by atoms with Crippen LogP contribution in [0, 0.1) is 17.2 Å². The lowest BCUT2D eigenvalue weighted by Gasteiger charge is -2.32. The van der Waals surface area contributed by atoms with Crippen molar-refractivity contribution >= 4 is 11.8 Å². The van der Waals surface area contributed by atoms with Crippen molar-refractivity contribution in [1.29, 1.82) is 5.26 Å². The van der Waals surface area contributed by atoms with E-state index in [9.17, 15) is 5.26 Å². The van der Waals surface area contributed by atoms with E-state index in [1.54, 1.807) is 0 Å². The van der Waals surface area contributed by atoms with Gasteiger partial charge in [-0.25, -0.2) is 0 Å². The number of rotatable bonds is 6. The largest absolute Gasteiger partial charge is 0.377 e. The summed E-state index contributed by atoms with van der Waals surface area (Å²) >= 11 is 2.05. The molecule has 0 aromatic rings. The highest BCUT2D eigenvalue weighted by Crippen LogP contribution is 2.39. The summed E-state index contributed by atoms with van der Waals surface area (Å²) < 4.78 is 5.62. The number of nitrogens with one attached hydrogen (secondary N) is 1. The van der Waals surface area contributed by atoms with E-state index >= 15 is 0 Å². The second kappa shape index (κ2) is 7.15. The van der Waals surface area contributed by atoms with E-state index in [1.807, 2.05) is 11.8 Å². The number of nitrogens with zero attached hydrogens (tertiary/aromatic N) is 1. The van der Waals surface area contributed by atoms with Gasteiger partial charge < -0.3 is 4.74 Å². The van der Waals surface area contributed by atoms with Crippen LogP contribution in [0.3, 0.4) is 0 Å². The molecule has 2 aliphatic rings. The highest BCUT2D eigenvalue weighted by atomic mass is 32.2. The number of hydrogen-bond donors (Lipinski definition) is 1. The van der Waals surface area contributed by atoms with Gasteiger partial charge in [0.25, 0.3) is 0 Å². The van der Waals surface area contributed by atoms with Gasteiger partial charge in [0.15, 0.2) is 0 Å². The molecule has 4 unspecified atom stereocenters. The Morgan fingerprint density at radius 2 is 2.25 bits per heavy atom. The molecule has 1 saturated carbocycles. The third-order valence-electron chi connectivity index (χ3n) is 4.67. The summed E-state index contributed by atoms with van der Waals surface area (Å²) in [5.74, 6) is 1.67. The first-order valence-corrected chi connectivity index (χ1v) is 9.04. The SMILES string of the molecule is CC(C)NC1(C#N)CCCC1CCSC1CCOC1C. The van der Waals surface area contributed by atoms with Gasteiger partial charge in [-0.15, -0.1) is 0 Å². The Labute approximate surface area is 127 Å². The molecule has 0 aromatic heterocycles. The van der Waals surface area contributed by atoms with E-state index in [0.29, 0.717) is 23.3 Å². The van der Waals surface area contributed by atoms with Crippen LogP contribution in [0.1, 0.15) is 52.9 Å². The molecule has 0 spiro atoms. The predicted molar refractivity (Wildman–Crippen MR) is 84.9 cm³/mol. The first kappa shape index (κ1) is 16.1. The zero-order chi connectivity index (χ0) is 14.6. The Morgan fingerprint density at radius 1 is 1.45 bits per heavy atom. The predicted octanol–water partition coefficient (Wildman–Crippen LogP) is 3.35. The van der Waals surface area contributed by atoms with Crippen LogP contribution in [0.4, 0.5) is 0 Å². The smallest absolute Gasteiger partial charge is 0.109 e. The highest BCUT2D eigenvalue weighted by molar-refractivity contribution is 7.99. The molecule has 2 rings (SSSR count). The van der Waals surface area contributed by atoms with Crippen molar-refractivity contribution in [3.05, 3.63) is 0 Å². The van der Waals surface area contributed by atoms with Gasteiger partial charge in [-0.2, -0.15) is 17.0 Å². The maximum absolute atomic E-state index is 9.65. The van der Waals surface area contributed by atoms with Crippen molar-refractivity contribution in [3.8, 4) is 6.07 Å². The highest BCUT2D eigenvalue weighted by Gasteiger charge is 2.43. The van der Waals surface area contributed by atoms with Crippen LogP contribution in [0.5, 0.6) is 0 Å². The fraction of sp³-hybridized carbons (Fsp3) is 0.938. The summed E-state index contributed by atoms with van der Waals surface area (Å²) in [4.78, 5) is 0. The van der Waals surface area contributed by atoms with Crippen molar-refractivity contribution in [1.82, 2.24) is 5.32 Å². The number of hydrogen-bond acceptors (Lipinski definition) is 4. The average Bonchev–Trinajstić information content (AvgIpc) is 2.97. The van der Waals surface area contributed by atoms with Crippen LogP contribution < -0.4 is 5.32 Å². The maximum atomic E-state index is 9.65.